The Morgan fingerprint density at radius 1 is 1.56 bits per heavy atom. The molecule has 0 spiro atoms. The van der Waals surface area contributed by atoms with Gasteiger partial charge in [-0.15, -0.1) is 0 Å². The first kappa shape index (κ1) is 13.3. The van der Waals surface area contributed by atoms with Gasteiger partial charge in [-0.3, -0.25) is 0 Å². The molecule has 1 aliphatic rings. The van der Waals surface area contributed by atoms with Gasteiger partial charge in [0, 0.05) is 30.7 Å². The Kier molecular flexibility index (Phi) is 5.63. The Bertz CT molecular complexity index is 250. The molecule has 1 aliphatic heterocycles. The number of likely N-dealkylation sites (tertiary alicyclic amines) is 1. The highest BCUT2D eigenvalue weighted by Crippen LogP contribution is 2.11. The molecule has 0 bridgehead atoms. The van der Waals surface area contributed by atoms with Crippen molar-refractivity contribution in [1.82, 2.24) is 10.2 Å². The summed E-state index contributed by atoms with van der Waals surface area (Å²) in [4.78, 5) is 13.2. The van der Waals surface area contributed by atoms with Crippen LogP contribution in [0.1, 0.15) is 19.8 Å². The molecule has 0 saturated carbocycles. The van der Waals surface area contributed by atoms with E-state index in [2.05, 4.69) is 11.9 Å². The van der Waals surface area contributed by atoms with Crippen LogP contribution < -0.4 is 5.32 Å². The summed E-state index contributed by atoms with van der Waals surface area (Å²) in [5, 5.41) is 3.92. The van der Waals surface area contributed by atoms with Gasteiger partial charge in [0.25, 0.3) is 0 Å². The summed E-state index contributed by atoms with van der Waals surface area (Å²) in [7, 11) is 0. The third-order valence-electron chi connectivity index (χ3n) is 2.60. The Balaban J connectivity index is 2.23. The fourth-order valence-corrected chi connectivity index (χ4v) is 1.81. The molecule has 16 heavy (non-hydrogen) atoms. The van der Waals surface area contributed by atoms with Crippen LogP contribution in [-0.2, 0) is 4.74 Å². The molecule has 0 aromatic heterocycles. The SMILES string of the molecule is C=C(Cl)CNC1CCN(C(=O)OCC)CC1. The van der Waals surface area contributed by atoms with Crippen molar-refractivity contribution >= 4 is 17.7 Å². The van der Waals surface area contributed by atoms with Crippen molar-refractivity contribution in [2.24, 2.45) is 0 Å². The highest BCUT2D eigenvalue weighted by Gasteiger charge is 2.22. The van der Waals surface area contributed by atoms with Gasteiger partial charge in [0.05, 0.1) is 6.61 Å². The van der Waals surface area contributed by atoms with Gasteiger partial charge < -0.3 is 15.0 Å². The van der Waals surface area contributed by atoms with E-state index in [-0.39, 0.29) is 6.09 Å². The number of hydrogen-bond donors (Lipinski definition) is 1. The number of halogens is 1. The fourth-order valence-electron chi connectivity index (χ4n) is 1.74. The molecule has 0 aromatic rings. The van der Waals surface area contributed by atoms with Crippen LogP contribution in [-0.4, -0.2) is 43.3 Å². The number of nitrogens with zero attached hydrogens (tertiary/aromatic N) is 1. The molecular weight excluding hydrogens is 228 g/mol. The largest absolute Gasteiger partial charge is 0.450 e. The van der Waals surface area contributed by atoms with E-state index in [1.54, 1.807) is 4.90 Å². The standard InChI is InChI=1S/C11H19ClN2O2/c1-3-16-11(15)14-6-4-10(5-7-14)13-8-9(2)12/h10,13H,2-8H2,1H3. The van der Waals surface area contributed by atoms with Crippen molar-refractivity contribution in [2.45, 2.75) is 25.8 Å². The van der Waals surface area contributed by atoms with Crippen molar-refractivity contribution in [2.75, 3.05) is 26.2 Å². The number of amides is 1. The maximum atomic E-state index is 11.4. The summed E-state index contributed by atoms with van der Waals surface area (Å²) in [6.07, 6.45) is 1.66. The highest BCUT2D eigenvalue weighted by atomic mass is 35.5. The zero-order valence-corrected chi connectivity index (χ0v) is 10.4. The van der Waals surface area contributed by atoms with Gasteiger partial charge in [-0.1, -0.05) is 18.2 Å². The molecule has 1 amide bonds. The van der Waals surface area contributed by atoms with Gasteiger partial charge >= 0.3 is 6.09 Å². The maximum Gasteiger partial charge on any atom is 0.409 e. The molecule has 92 valence electrons. The second kappa shape index (κ2) is 6.76. The number of rotatable bonds is 4. The summed E-state index contributed by atoms with van der Waals surface area (Å²) in [5.41, 5.74) is 0. The lowest BCUT2D eigenvalue weighted by Crippen LogP contribution is -2.45. The van der Waals surface area contributed by atoms with Crippen LogP contribution in [0, 0.1) is 0 Å². The van der Waals surface area contributed by atoms with E-state index in [4.69, 9.17) is 16.3 Å². The second-order valence-electron chi connectivity index (χ2n) is 3.86. The van der Waals surface area contributed by atoms with Crippen molar-refractivity contribution in [3.63, 3.8) is 0 Å². The quantitative estimate of drug-likeness (QED) is 0.825. The number of ether oxygens (including phenoxy) is 1. The van der Waals surface area contributed by atoms with Crippen LogP contribution in [0.2, 0.25) is 0 Å². The summed E-state index contributed by atoms with van der Waals surface area (Å²) in [6.45, 7) is 7.99. The first-order valence-electron chi connectivity index (χ1n) is 5.61. The first-order chi connectivity index (χ1) is 7.63. The van der Waals surface area contributed by atoms with Crippen LogP contribution in [0.15, 0.2) is 11.6 Å². The summed E-state index contributed by atoms with van der Waals surface area (Å²) in [6, 6.07) is 0.418. The van der Waals surface area contributed by atoms with Crippen molar-refractivity contribution in [1.29, 1.82) is 0 Å². The van der Waals surface area contributed by atoms with Gasteiger partial charge in [0.2, 0.25) is 0 Å². The lowest BCUT2D eigenvalue weighted by molar-refractivity contribution is 0.0953. The molecule has 0 unspecified atom stereocenters. The van der Waals surface area contributed by atoms with Gasteiger partial charge in [-0.2, -0.15) is 0 Å². The molecule has 1 N–H and O–H groups in total. The van der Waals surface area contributed by atoms with E-state index in [1.807, 2.05) is 6.92 Å². The van der Waals surface area contributed by atoms with Gasteiger partial charge in [0.15, 0.2) is 0 Å². The normalized spacial score (nSPS) is 17.2. The number of piperidine rings is 1. The predicted molar refractivity (Wildman–Crippen MR) is 64.6 cm³/mol. The minimum Gasteiger partial charge on any atom is -0.450 e. The van der Waals surface area contributed by atoms with E-state index in [9.17, 15) is 4.79 Å². The molecule has 0 atom stereocenters. The topological polar surface area (TPSA) is 41.6 Å². The number of carbonyl (C=O) groups is 1. The van der Waals surface area contributed by atoms with Gasteiger partial charge in [-0.25, -0.2) is 4.79 Å². The lowest BCUT2D eigenvalue weighted by atomic mass is 10.1. The van der Waals surface area contributed by atoms with E-state index in [1.165, 1.54) is 0 Å². The summed E-state index contributed by atoms with van der Waals surface area (Å²) >= 11 is 5.68. The molecule has 0 aromatic carbocycles. The molecule has 4 nitrogen and oxygen atoms in total. The van der Waals surface area contributed by atoms with Crippen LogP contribution in [0.3, 0.4) is 0 Å². The minimum atomic E-state index is -0.206. The Morgan fingerprint density at radius 2 is 2.19 bits per heavy atom. The summed E-state index contributed by atoms with van der Waals surface area (Å²) in [5.74, 6) is 0. The second-order valence-corrected chi connectivity index (χ2v) is 4.39. The van der Waals surface area contributed by atoms with Crippen molar-refractivity contribution in [3.8, 4) is 0 Å². The van der Waals surface area contributed by atoms with Crippen LogP contribution >= 0.6 is 11.6 Å². The monoisotopic (exact) mass is 246 g/mol. The molecule has 0 radical (unpaired) electrons. The number of nitrogens with one attached hydrogen (secondary N) is 1. The smallest absolute Gasteiger partial charge is 0.409 e. The third-order valence-corrected chi connectivity index (χ3v) is 2.74. The lowest BCUT2D eigenvalue weighted by Gasteiger charge is -2.31. The van der Waals surface area contributed by atoms with E-state index in [0.717, 1.165) is 25.9 Å². The van der Waals surface area contributed by atoms with E-state index >= 15 is 0 Å². The van der Waals surface area contributed by atoms with Crippen molar-refractivity contribution in [3.05, 3.63) is 11.6 Å². The Hall–Kier alpha value is -0.740. The predicted octanol–water partition coefficient (Wildman–Crippen LogP) is 1.95. The Morgan fingerprint density at radius 3 is 2.69 bits per heavy atom. The molecule has 1 heterocycles. The first-order valence-corrected chi connectivity index (χ1v) is 5.99. The molecule has 1 rings (SSSR count). The average molecular weight is 247 g/mol. The van der Waals surface area contributed by atoms with Gasteiger partial charge in [-0.05, 0) is 19.8 Å². The van der Waals surface area contributed by atoms with Crippen LogP contribution in [0.25, 0.3) is 0 Å². The van der Waals surface area contributed by atoms with Crippen LogP contribution in [0.5, 0.6) is 0 Å². The molecule has 5 heteroatoms. The number of carbonyl (C=O) groups excluding carboxylic acids is 1. The van der Waals surface area contributed by atoms with Crippen molar-refractivity contribution < 1.29 is 9.53 Å². The average Bonchev–Trinajstić information content (AvgIpc) is 2.27. The molecular formula is C11H19ClN2O2. The zero-order valence-electron chi connectivity index (χ0n) is 9.67. The van der Waals surface area contributed by atoms with E-state index < -0.39 is 0 Å². The highest BCUT2D eigenvalue weighted by molar-refractivity contribution is 6.29. The minimum absolute atomic E-state index is 0.206. The molecule has 0 aliphatic carbocycles. The number of hydrogen-bond acceptors (Lipinski definition) is 3. The van der Waals surface area contributed by atoms with E-state index in [0.29, 0.717) is 24.2 Å². The van der Waals surface area contributed by atoms with Gasteiger partial charge in [0.1, 0.15) is 0 Å². The molecule has 1 fully saturated rings. The fraction of sp³-hybridized carbons (Fsp3) is 0.727. The molecule has 1 saturated heterocycles. The van der Waals surface area contributed by atoms with Crippen LogP contribution in [0.4, 0.5) is 4.79 Å². The summed E-state index contributed by atoms with van der Waals surface area (Å²) < 4.78 is 4.95. The Labute approximate surface area is 102 Å². The zero-order chi connectivity index (χ0) is 12.0. The maximum absolute atomic E-state index is 11.4. The third kappa shape index (κ3) is 4.41.